The van der Waals surface area contributed by atoms with Crippen LogP contribution in [0.2, 0.25) is 5.02 Å². The second-order valence-electron chi connectivity index (χ2n) is 7.38. The molecule has 170 valence electrons. The van der Waals surface area contributed by atoms with Gasteiger partial charge in [0.1, 0.15) is 10.6 Å². The quantitative estimate of drug-likeness (QED) is 0.535. The number of carbonyl (C=O) groups excluding carboxylic acids is 1. The van der Waals surface area contributed by atoms with E-state index in [0.29, 0.717) is 16.5 Å². The first kappa shape index (κ1) is 22.3. The van der Waals surface area contributed by atoms with Gasteiger partial charge in [-0.25, -0.2) is 13.1 Å². The molecule has 32 heavy (non-hydrogen) atoms. The van der Waals surface area contributed by atoms with E-state index in [1.165, 1.54) is 19.9 Å². The number of hydrogen-bond donors (Lipinski definition) is 0. The maximum absolute atomic E-state index is 12.9. The highest BCUT2D eigenvalue weighted by Gasteiger charge is 2.33. The van der Waals surface area contributed by atoms with Crippen LogP contribution < -0.4 is 4.74 Å². The van der Waals surface area contributed by atoms with Crippen molar-refractivity contribution in [2.45, 2.75) is 18.6 Å². The summed E-state index contributed by atoms with van der Waals surface area (Å²) in [5, 5.41) is 8.92. The van der Waals surface area contributed by atoms with E-state index >= 15 is 0 Å². The summed E-state index contributed by atoms with van der Waals surface area (Å²) in [4.78, 5) is 14.6. The van der Waals surface area contributed by atoms with E-state index in [4.69, 9.17) is 16.3 Å². The molecule has 10 nitrogen and oxygen atoms in total. The molecule has 0 aliphatic carbocycles. The van der Waals surface area contributed by atoms with E-state index in [1.807, 2.05) is 0 Å². The molecular weight excluding hydrogens is 456 g/mol. The Morgan fingerprint density at radius 2 is 1.81 bits per heavy atom. The number of nitrogens with zero attached hydrogens (tertiary/aromatic N) is 6. The molecule has 3 aromatic rings. The molecule has 12 heteroatoms. The average molecular weight is 479 g/mol. The van der Waals surface area contributed by atoms with Gasteiger partial charge in [-0.2, -0.15) is 14.5 Å². The minimum atomic E-state index is -3.65. The Kier molecular flexibility index (Phi) is 6.22. The Hall–Kier alpha value is -2.89. The van der Waals surface area contributed by atoms with Crippen LogP contribution in [0.15, 0.2) is 47.6 Å². The van der Waals surface area contributed by atoms with E-state index in [9.17, 15) is 13.2 Å². The van der Waals surface area contributed by atoms with Crippen molar-refractivity contribution < 1.29 is 17.9 Å². The average Bonchev–Trinajstić information content (AvgIpc) is 3.40. The fraction of sp³-hybridized carbons (Fsp3) is 0.350. The molecule has 0 spiro atoms. The molecule has 3 heterocycles. The van der Waals surface area contributed by atoms with Gasteiger partial charge in [0.15, 0.2) is 12.4 Å². The molecular formula is C20H23ClN6O4S. The summed E-state index contributed by atoms with van der Waals surface area (Å²) in [7, 11) is -1.95. The number of amides is 1. The lowest BCUT2D eigenvalue weighted by atomic mass is 10.3. The maximum atomic E-state index is 12.9. The summed E-state index contributed by atoms with van der Waals surface area (Å²) in [6.07, 6.45) is 3.02. The zero-order chi connectivity index (χ0) is 22.9. The predicted octanol–water partition coefficient (Wildman–Crippen LogP) is 1.76. The number of carbonyl (C=O) groups is 1. The zero-order valence-electron chi connectivity index (χ0n) is 17.7. The van der Waals surface area contributed by atoms with Crippen molar-refractivity contribution in [3.63, 3.8) is 0 Å². The van der Waals surface area contributed by atoms with E-state index in [0.717, 1.165) is 0 Å². The molecule has 0 radical (unpaired) electrons. The van der Waals surface area contributed by atoms with Crippen LogP contribution in [0.1, 0.15) is 16.2 Å². The first-order chi connectivity index (χ1) is 15.3. The molecule has 1 aromatic carbocycles. The van der Waals surface area contributed by atoms with Gasteiger partial charge in [0.2, 0.25) is 10.0 Å². The van der Waals surface area contributed by atoms with E-state index < -0.39 is 10.0 Å². The third-order valence-corrected chi connectivity index (χ3v) is 7.62. The largest absolute Gasteiger partial charge is 0.471 e. The molecule has 0 unspecified atom stereocenters. The van der Waals surface area contributed by atoms with Crippen molar-refractivity contribution in [3.8, 4) is 5.75 Å². The number of hydrogen-bond acceptors (Lipinski definition) is 6. The first-order valence-electron chi connectivity index (χ1n) is 9.95. The molecule has 4 rings (SSSR count). The molecule has 1 fully saturated rings. The van der Waals surface area contributed by atoms with Gasteiger partial charge in [0, 0.05) is 44.4 Å². The van der Waals surface area contributed by atoms with Crippen LogP contribution in [0.4, 0.5) is 0 Å². The third-order valence-electron chi connectivity index (χ3n) is 5.37. The predicted molar refractivity (Wildman–Crippen MR) is 117 cm³/mol. The highest BCUT2D eigenvalue weighted by atomic mass is 35.5. The van der Waals surface area contributed by atoms with Gasteiger partial charge in [-0.1, -0.05) is 11.6 Å². The van der Waals surface area contributed by atoms with Crippen molar-refractivity contribution in [1.82, 2.24) is 28.8 Å². The number of aryl methyl sites for hydroxylation is 1. The molecule has 0 bridgehead atoms. The lowest BCUT2D eigenvalue weighted by Crippen LogP contribution is -2.50. The number of rotatable bonds is 6. The SMILES string of the molecule is Cc1c(S(=O)(=O)N2CCN(C(=O)c3ccn(COc4ccc(Cl)cc4)n3)CC2)cnn1C. The standard InChI is InChI=1S/C20H23ClN6O4S/c1-15-19(13-22-24(15)2)32(29,30)27-11-9-25(10-12-27)20(28)18-7-8-26(23-18)14-31-17-5-3-16(21)4-6-17/h3-8,13H,9-12,14H2,1-2H3. The van der Waals surface area contributed by atoms with Gasteiger partial charge in [-0.3, -0.25) is 9.48 Å². The number of halogens is 1. The Morgan fingerprint density at radius 1 is 1.12 bits per heavy atom. The molecule has 2 aromatic heterocycles. The Balaban J connectivity index is 1.34. The zero-order valence-corrected chi connectivity index (χ0v) is 19.3. The van der Waals surface area contributed by atoms with Gasteiger partial charge in [-0.15, -0.1) is 0 Å². The second-order valence-corrected chi connectivity index (χ2v) is 9.72. The lowest BCUT2D eigenvalue weighted by Gasteiger charge is -2.33. The molecule has 1 saturated heterocycles. The van der Waals surface area contributed by atoms with Gasteiger partial charge >= 0.3 is 0 Å². The number of benzene rings is 1. The molecule has 1 aliphatic rings. The normalized spacial score (nSPS) is 15.2. The molecule has 0 saturated carbocycles. The van der Waals surface area contributed by atoms with Crippen molar-refractivity contribution in [1.29, 1.82) is 0 Å². The van der Waals surface area contributed by atoms with Crippen LogP contribution in [0.3, 0.4) is 0 Å². The monoisotopic (exact) mass is 478 g/mol. The molecule has 0 N–H and O–H groups in total. The Labute approximate surface area is 191 Å². The fourth-order valence-electron chi connectivity index (χ4n) is 3.38. The highest BCUT2D eigenvalue weighted by molar-refractivity contribution is 7.89. The fourth-order valence-corrected chi connectivity index (χ4v) is 5.12. The van der Waals surface area contributed by atoms with Crippen LogP contribution >= 0.6 is 11.6 Å². The van der Waals surface area contributed by atoms with E-state index in [1.54, 1.807) is 55.4 Å². The van der Waals surface area contributed by atoms with Crippen molar-refractivity contribution in [2.75, 3.05) is 26.2 Å². The number of aromatic nitrogens is 4. The summed E-state index contributed by atoms with van der Waals surface area (Å²) in [5.41, 5.74) is 0.860. The van der Waals surface area contributed by atoms with Crippen molar-refractivity contribution >= 4 is 27.5 Å². The summed E-state index contributed by atoms with van der Waals surface area (Å²) in [6, 6.07) is 8.57. The maximum Gasteiger partial charge on any atom is 0.274 e. The summed E-state index contributed by atoms with van der Waals surface area (Å²) in [5.74, 6) is 0.392. The van der Waals surface area contributed by atoms with E-state index in [2.05, 4.69) is 10.2 Å². The van der Waals surface area contributed by atoms with Gasteiger partial charge in [0.05, 0.1) is 11.9 Å². The summed E-state index contributed by atoms with van der Waals surface area (Å²) >= 11 is 5.86. The number of ether oxygens (including phenoxy) is 1. The lowest BCUT2D eigenvalue weighted by molar-refractivity contribution is 0.0690. The van der Waals surface area contributed by atoms with Crippen LogP contribution in [-0.2, 0) is 23.8 Å². The number of sulfonamides is 1. The summed E-state index contributed by atoms with van der Waals surface area (Å²) < 4.78 is 35.9. The highest BCUT2D eigenvalue weighted by Crippen LogP contribution is 2.21. The third kappa shape index (κ3) is 4.50. The molecule has 1 amide bonds. The van der Waals surface area contributed by atoms with Crippen LogP contribution in [0.5, 0.6) is 5.75 Å². The number of piperazine rings is 1. The smallest absolute Gasteiger partial charge is 0.274 e. The van der Waals surface area contributed by atoms with Gasteiger partial charge in [-0.05, 0) is 37.3 Å². The minimum Gasteiger partial charge on any atom is -0.471 e. The van der Waals surface area contributed by atoms with Gasteiger partial charge < -0.3 is 9.64 Å². The Morgan fingerprint density at radius 3 is 2.44 bits per heavy atom. The Bertz CT molecular complexity index is 1210. The minimum absolute atomic E-state index is 0.144. The molecule has 0 atom stereocenters. The van der Waals surface area contributed by atoms with Gasteiger partial charge in [0.25, 0.3) is 5.91 Å². The van der Waals surface area contributed by atoms with E-state index in [-0.39, 0.29) is 49.4 Å². The van der Waals surface area contributed by atoms with Crippen LogP contribution in [0.25, 0.3) is 0 Å². The second kappa shape index (κ2) is 8.93. The van der Waals surface area contributed by atoms with Crippen molar-refractivity contribution in [2.24, 2.45) is 7.05 Å². The first-order valence-corrected chi connectivity index (χ1v) is 11.8. The van der Waals surface area contributed by atoms with Crippen LogP contribution in [0, 0.1) is 6.92 Å². The topological polar surface area (TPSA) is 103 Å². The summed E-state index contributed by atoms with van der Waals surface area (Å²) in [6.45, 7) is 2.85. The van der Waals surface area contributed by atoms with Crippen molar-refractivity contribution in [3.05, 3.63) is 59.1 Å². The molecule has 1 aliphatic heterocycles. The van der Waals surface area contributed by atoms with Crippen LogP contribution in [-0.4, -0.2) is 69.3 Å².